The zero-order valence-corrected chi connectivity index (χ0v) is 19.0. The second-order valence-corrected chi connectivity index (χ2v) is 10.1. The summed E-state index contributed by atoms with van der Waals surface area (Å²) >= 11 is 0. The molecule has 176 valence electrons. The molecule has 32 heavy (non-hydrogen) atoms. The van der Waals surface area contributed by atoms with E-state index in [1.165, 1.54) is 4.90 Å². The Kier molecular flexibility index (Phi) is 7.86. The molecule has 0 aliphatic carbocycles. The second-order valence-electron chi connectivity index (χ2n) is 8.33. The average Bonchev–Trinajstić information content (AvgIpc) is 3.23. The Labute approximate surface area is 188 Å². The molecule has 0 spiro atoms. The monoisotopic (exact) mass is 466 g/mol. The number of rotatable bonds is 8. The Balaban J connectivity index is 1.77. The molecule has 2 atom stereocenters. The molecule has 0 aromatic heterocycles. The van der Waals surface area contributed by atoms with Gasteiger partial charge in [0.2, 0.25) is 21.8 Å². The molecule has 2 N–H and O–H groups in total. The summed E-state index contributed by atoms with van der Waals surface area (Å²) in [6, 6.07) is 6.15. The smallest absolute Gasteiger partial charge is 0.326 e. The number of amides is 2. The minimum Gasteiger partial charge on any atom is -0.480 e. The highest BCUT2D eigenvalue weighted by Crippen LogP contribution is 2.20. The Morgan fingerprint density at radius 3 is 2.38 bits per heavy atom. The SMILES string of the molecule is CN1CCN(C(=O)C[C@@H](NS(=O)(=O)Cc2ccccc2)C(=O)N2CCC[C@H]2C(=O)O)CC1. The molecule has 0 unspecified atom stereocenters. The highest BCUT2D eigenvalue weighted by atomic mass is 32.2. The lowest BCUT2D eigenvalue weighted by Crippen LogP contribution is -2.54. The van der Waals surface area contributed by atoms with E-state index < -0.39 is 34.0 Å². The Hall–Kier alpha value is -2.50. The fourth-order valence-corrected chi connectivity index (χ4v) is 5.41. The fraction of sp³-hybridized carbons (Fsp3) is 0.571. The lowest BCUT2D eigenvalue weighted by atomic mass is 10.1. The molecule has 0 bridgehead atoms. The third kappa shape index (κ3) is 6.27. The number of benzene rings is 1. The maximum Gasteiger partial charge on any atom is 0.326 e. The van der Waals surface area contributed by atoms with Crippen molar-refractivity contribution in [3.63, 3.8) is 0 Å². The van der Waals surface area contributed by atoms with Gasteiger partial charge < -0.3 is 19.8 Å². The topological polar surface area (TPSA) is 127 Å². The molecule has 2 amide bonds. The lowest BCUT2D eigenvalue weighted by Gasteiger charge is -2.34. The number of carboxylic acid groups (broad SMARTS) is 1. The van der Waals surface area contributed by atoms with Crippen LogP contribution in [0.4, 0.5) is 0 Å². The van der Waals surface area contributed by atoms with E-state index in [1.807, 2.05) is 7.05 Å². The van der Waals surface area contributed by atoms with E-state index in [2.05, 4.69) is 9.62 Å². The van der Waals surface area contributed by atoms with E-state index in [0.29, 0.717) is 44.6 Å². The van der Waals surface area contributed by atoms with Crippen molar-refractivity contribution in [2.75, 3.05) is 39.8 Å². The molecule has 2 heterocycles. The van der Waals surface area contributed by atoms with Crippen LogP contribution in [0.3, 0.4) is 0 Å². The van der Waals surface area contributed by atoms with Crippen LogP contribution in [0.25, 0.3) is 0 Å². The first kappa shape index (κ1) is 24.1. The number of carbonyl (C=O) groups excluding carboxylic acids is 2. The molecule has 0 radical (unpaired) electrons. The van der Waals surface area contributed by atoms with E-state index in [1.54, 1.807) is 35.2 Å². The van der Waals surface area contributed by atoms with Gasteiger partial charge in [0.05, 0.1) is 12.2 Å². The van der Waals surface area contributed by atoms with Gasteiger partial charge in [0.25, 0.3) is 0 Å². The third-order valence-corrected chi connectivity index (χ3v) is 7.23. The molecule has 3 rings (SSSR count). The van der Waals surface area contributed by atoms with E-state index in [4.69, 9.17) is 0 Å². The Morgan fingerprint density at radius 1 is 1.09 bits per heavy atom. The minimum atomic E-state index is -3.96. The lowest BCUT2D eigenvalue weighted by molar-refractivity contribution is -0.149. The number of piperazine rings is 1. The zero-order valence-electron chi connectivity index (χ0n) is 18.1. The summed E-state index contributed by atoms with van der Waals surface area (Å²) in [5, 5.41) is 9.44. The van der Waals surface area contributed by atoms with Crippen LogP contribution in [-0.4, -0.2) is 97.9 Å². The maximum absolute atomic E-state index is 13.2. The number of likely N-dealkylation sites (tertiary alicyclic amines) is 1. The molecule has 2 aliphatic rings. The van der Waals surface area contributed by atoms with Crippen molar-refractivity contribution in [3.8, 4) is 0 Å². The molecule has 1 aromatic carbocycles. The minimum absolute atomic E-state index is 0.218. The van der Waals surface area contributed by atoms with E-state index in [0.717, 1.165) is 0 Å². The van der Waals surface area contributed by atoms with Crippen LogP contribution < -0.4 is 4.72 Å². The van der Waals surface area contributed by atoms with Crippen molar-refractivity contribution < 1.29 is 27.9 Å². The van der Waals surface area contributed by atoms with Gasteiger partial charge in [-0.1, -0.05) is 30.3 Å². The summed E-state index contributed by atoms with van der Waals surface area (Å²) in [6.07, 6.45) is 0.467. The van der Waals surface area contributed by atoms with Crippen LogP contribution in [0.15, 0.2) is 30.3 Å². The normalized spacial score (nSPS) is 20.8. The Morgan fingerprint density at radius 2 is 1.75 bits per heavy atom. The second kappa shape index (κ2) is 10.4. The number of carboxylic acids is 1. The third-order valence-electron chi connectivity index (χ3n) is 5.88. The summed E-state index contributed by atoms with van der Waals surface area (Å²) in [6.45, 7) is 2.59. The predicted molar refractivity (Wildman–Crippen MR) is 117 cm³/mol. The highest BCUT2D eigenvalue weighted by molar-refractivity contribution is 7.88. The highest BCUT2D eigenvalue weighted by Gasteiger charge is 2.39. The van der Waals surface area contributed by atoms with Gasteiger partial charge >= 0.3 is 5.97 Å². The molecular weight excluding hydrogens is 436 g/mol. The van der Waals surface area contributed by atoms with Crippen molar-refractivity contribution in [1.29, 1.82) is 0 Å². The number of sulfonamides is 1. The van der Waals surface area contributed by atoms with Crippen molar-refractivity contribution in [1.82, 2.24) is 19.4 Å². The number of nitrogens with one attached hydrogen (secondary N) is 1. The van der Waals surface area contributed by atoms with Gasteiger partial charge in [-0.2, -0.15) is 0 Å². The fourth-order valence-electron chi connectivity index (χ4n) is 4.08. The van der Waals surface area contributed by atoms with Crippen LogP contribution in [0.5, 0.6) is 0 Å². The number of nitrogens with zero attached hydrogens (tertiary/aromatic N) is 3. The van der Waals surface area contributed by atoms with Crippen LogP contribution >= 0.6 is 0 Å². The first-order chi connectivity index (χ1) is 15.2. The number of likely N-dealkylation sites (N-methyl/N-ethyl adjacent to an activating group) is 1. The molecule has 2 saturated heterocycles. The number of aliphatic carboxylic acids is 1. The zero-order chi connectivity index (χ0) is 23.3. The van der Waals surface area contributed by atoms with Crippen molar-refractivity contribution >= 4 is 27.8 Å². The maximum atomic E-state index is 13.2. The molecule has 10 nitrogen and oxygen atoms in total. The number of carbonyl (C=O) groups is 3. The van der Waals surface area contributed by atoms with Gasteiger partial charge in [-0.3, -0.25) is 9.59 Å². The van der Waals surface area contributed by atoms with Crippen molar-refractivity contribution in [2.24, 2.45) is 0 Å². The molecule has 11 heteroatoms. The van der Waals surface area contributed by atoms with Gasteiger partial charge in [-0.05, 0) is 25.5 Å². The quantitative estimate of drug-likeness (QED) is 0.539. The van der Waals surface area contributed by atoms with Crippen LogP contribution in [0.2, 0.25) is 0 Å². The molecule has 2 fully saturated rings. The molecular formula is C21H30N4O6S. The molecule has 1 aromatic rings. The van der Waals surface area contributed by atoms with Gasteiger partial charge in [0.1, 0.15) is 12.1 Å². The first-order valence-corrected chi connectivity index (χ1v) is 12.3. The largest absolute Gasteiger partial charge is 0.480 e. The van der Waals surface area contributed by atoms with Crippen LogP contribution in [0.1, 0.15) is 24.8 Å². The van der Waals surface area contributed by atoms with Crippen LogP contribution in [-0.2, 0) is 30.2 Å². The Bertz CT molecular complexity index is 931. The van der Waals surface area contributed by atoms with Gasteiger partial charge in [-0.25, -0.2) is 17.9 Å². The average molecular weight is 467 g/mol. The van der Waals surface area contributed by atoms with Gasteiger partial charge in [0.15, 0.2) is 0 Å². The number of hydrogen-bond donors (Lipinski definition) is 2. The van der Waals surface area contributed by atoms with Gasteiger partial charge in [-0.15, -0.1) is 0 Å². The summed E-state index contributed by atoms with van der Waals surface area (Å²) in [5.74, 6) is -2.48. The standard InChI is InChI=1S/C21H30N4O6S/c1-23-10-12-24(13-11-23)19(26)14-17(20(27)25-9-5-8-18(25)21(28)29)22-32(30,31)15-16-6-3-2-4-7-16/h2-4,6-7,17-18,22H,5,8-15H2,1H3,(H,28,29)/t17-,18+/m1/s1. The van der Waals surface area contributed by atoms with E-state index in [-0.39, 0.29) is 24.6 Å². The molecule has 0 saturated carbocycles. The summed E-state index contributed by atoms with van der Waals surface area (Å²) in [4.78, 5) is 42.5. The van der Waals surface area contributed by atoms with Crippen molar-refractivity contribution in [2.45, 2.75) is 37.1 Å². The number of hydrogen-bond acceptors (Lipinski definition) is 6. The summed E-state index contributed by atoms with van der Waals surface area (Å²) in [7, 11) is -2.01. The van der Waals surface area contributed by atoms with E-state index in [9.17, 15) is 27.9 Å². The van der Waals surface area contributed by atoms with E-state index >= 15 is 0 Å². The first-order valence-electron chi connectivity index (χ1n) is 10.7. The van der Waals surface area contributed by atoms with Crippen LogP contribution in [0, 0.1) is 0 Å². The summed E-state index contributed by atoms with van der Waals surface area (Å²) in [5.41, 5.74) is 0.543. The predicted octanol–water partition coefficient (Wildman–Crippen LogP) is -0.286. The van der Waals surface area contributed by atoms with Gasteiger partial charge in [0, 0.05) is 32.7 Å². The van der Waals surface area contributed by atoms with Crippen molar-refractivity contribution in [3.05, 3.63) is 35.9 Å². The molecule has 2 aliphatic heterocycles. The summed E-state index contributed by atoms with van der Waals surface area (Å²) < 4.78 is 28.0.